The molecule has 2 aromatic rings. The fraction of sp³-hybridized carbons (Fsp3) is 0.478. The van der Waals surface area contributed by atoms with Crippen LogP contribution >= 0.6 is 15.9 Å². The van der Waals surface area contributed by atoms with Crippen LogP contribution in [0.15, 0.2) is 47.1 Å². The summed E-state index contributed by atoms with van der Waals surface area (Å²) >= 11 is 3.45. The lowest BCUT2D eigenvalue weighted by atomic mass is 10.2. The Morgan fingerprint density at radius 1 is 1.06 bits per heavy atom. The molecule has 1 heterocycles. The van der Waals surface area contributed by atoms with Gasteiger partial charge in [-0.05, 0) is 53.5 Å². The molecule has 1 aromatic heterocycles. The lowest BCUT2D eigenvalue weighted by Gasteiger charge is -2.28. The molecule has 0 radical (unpaired) electrons. The monoisotopic (exact) mass is 493 g/mol. The van der Waals surface area contributed by atoms with E-state index in [4.69, 9.17) is 9.47 Å². The highest BCUT2D eigenvalue weighted by atomic mass is 79.9. The second kappa shape index (κ2) is 13.3. The van der Waals surface area contributed by atoms with E-state index in [0.29, 0.717) is 55.9 Å². The Kier molecular flexibility index (Phi) is 10.8. The van der Waals surface area contributed by atoms with Gasteiger partial charge in [-0.2, -0.15) is 0 Å². The zero-order valence-corrected chi connectivity index (χ0v) is 20.1. The lowest BCUT2D eigenvalue weighted by molar-refractivity contribution is -0.133. The van der Waals surface area contributed by atoms with E-state index in [1.807, 2.05) is 55.1 Å². The van der Waals surface area contributed by atoms with Crippen molar-refractivity contribution in [3.63, 3.8) is 0 Å². The summed E-state index contributed by atoms with van der Waals surface area (Å²) in [6.07, 6.45) is 2.61. The number of aromatic nitrogens is 1. The highest BCUT2D eigenvalue weighted by Gasteiger charge is 2.24. The van der Waals surface area contributed by atoms with E-state index < -0.39 is 0 Å². The van der Waals surface area contributed by atoms with E-state index in [9.17, 15) is 9.59 Å². The first-order chi connectivity index (χ1) is 15.0. The number of ether oxygens (including phenoxy) is 2. The number of amides is 2. The second-order valence-corrected chi connectivity index (χ2v) is 8.03. The number of nitrogens with zero attached hydrogens (tertiary/aromatic N) is 3. The van der Waals surface area contributed by atoms with Crippen LogP contribution in [0, 0.1) is 0 Å². The van der Waals surface area contributed by atoms with Crippen LogP contribution in [-0.2, 0) is 27.9 Å². The molecule has 1 aromatic carbocycles. The van der Waals surface area contributed by atoms with Crippen molar-refractivity contribution < 1.29 is 19.1 Å². The van der Waals surface area contributed by atoms with Gasteiger partial charge in [-0.15, -0.1) is 0 Å². The second-order valence-electron chi connectivity index (χ2n) is 7.18. The van der Waals surface area contributed by atoms with Crippen molar-refractivity contribution in [2.24, 2.45) is 7.05 Å². The zero-order valence-electron chi connectivity index (χ0n) is 18.6. The first kappa shape index (κ1) is 25.1. The highest BCUT2D eigenvalue weighted by Crippen LogP contribution is 2.18. The summed E-state index contributed by atoms with van der Waals surface area (Å²) in [6.45, 7) is 4.88. The maximum Gasteiger partial charge on any atom is 0.255 e. The molecule has 8 heteroatoms. The molecule has 0 fully saturated rings. The highest BCUT2D eigenvalue weighted by molar-refractivity contribution is 9.10. The molecule has 2 rings (SSSR count). The normalized spacial score (nSPS) is 10.8. The quantitative estimate of drug-likeness (QED) is 0.401. The Morgan fingerprint density at radius 3 is 2.48 bits per heavy atom. The minimum atomic E-state index is -0.178. The molecule has 0 bridgehead atoms. The van der Waals surface area contributed by atoms with Gasteiger partial charge in [-0.25, -0.2) is 0 Å². The van der Waals surface area contributed by atoms with Crippen LogP contribution in [-0.4, -0.2) is 72.7 Å². The summed E-state index contributed by atoms with van der Waals surface area (Å²) < 4.78 is 13.3. The molecular formula is C23H32BrN3O4. The van der Waals surface area contributed by atoms with Crippen LogP contribution in [0.4, 0.5) is 0 Å². The molecule has 0 saturated carbocycles. The van der Waals surface area contributed by atoms with Gasteiger partial charge in [0.2, 0.25) is 5.91 Å². The van der Waals surface area contributed by atoms with Crippen molar-refractivity contribution in [1.29, 1.82) is 0 Å². The molecule has 31 heavy (non-hydrogen) atoms. The topological polar surface area (TPSA) is 64.0 Å². The van der Waals surface area contributed by atoms with Gasteiger partial charge in [0.15, 0.2) is 0 Å². The number of hydrogen-bond donors (Lipinski definition) is 0. The summed E-state index contributed by atoms with van der Waals surface area (Å²) in [4.78, 5) is 29.8. The fourth-order valence-electron chi connectivity index (χ4n) is 3.17. The van der Waals surface area contributed by atoms with Gasteiger partial charge >= 0.3 is 0 Å². The molecule has 0 atom stereocenters. The number of hydrogen-bond acceptors (Lipinski definition) is 4. The predicted molar refractivity (Wildman–Crippen MR) is 124 cm³/mol. The molecule has 7 nitrogen and oxygen atoms in total. The molecule has 2 amide bonds. The van der Waals surface area contributed by atoms with E-state index in [-0.39, 0.29) is 18.4 Å². The van der Waals surface area contributed by atoms with Gasteiger partial charge in [0.1, 0.15) is 6.54 Å². The number of halogens is 1. The van der Waals surface area contributed by atoms with Crippen molar-refractivity contribution in [3.05, 3.63) is 58.3 Å². The smallest absolute Gasteiger partial charge is 0.255 e. The van der Waals surface area contributed by atoms with Crippen LogP contribution in [0.1, 0.15) is 29.4 Å². The fourth-order valence-corrected chi connectivity index (χ4v) is 3.63. The molecular weight excluding hydrogens is 462 g/mol. The summed E-state index contributed by atoms with van der Waals surface area (Å²) in [6, 6.07) is 11.2. The summed E-state index contributed by atoms with van der Waals surface area (Å²) in [5.41, 5.74) is 1.56. The molecule has 0 aliphatic rings. The van der Waals surface area contributed by atoms with Gasteiger partial charge in [0, 0.05) is 56.8 Å². The van der Waals surface area contributed by atoms with Crippen LogP contribution in [0.3, 0.4) is 0 Å². The Hall–Kier alpha value is -2.16. The predicted octanol–water partition coefficient (Wildman–Crippen LogP) is 3.33. The zero-order chi connectivity index (χ0) is 22.6. The largest absolute Gasteiger partial charge is 0.383 e. The maximum absolute atomic E-state index is 13.2. The summed E-state index contributed by atoms with van der Waals surface area (Å²) in [5, 5.41) is 0. The molecule has 0 aliphatic heterocycles. The van der Waals surface area contributed by atoms with Crippen molar-refractivity contribution in [3.8, 4) is 0 Å². The molecule has 0 saturated heterocycles. The first-order valence-electron chi connectivity index (χ1n) is 10.5. The Labute approximate surface area is 193 Å². The van der Waals surface area contributed by atoms with Crippen LogP contribution in [0.25, 0.3) is 0 Å². The average molecular weight is 494 g/mol. The number of carbonyl (C=O) groups is 2. The SMILES string of the molecule is CCOCCCN(CC(=O)N(CCOC)Cc1cccn1C)C(=O)c1ccccc1Br. The van der Waals surface area contributed by atoms with Gasteiger partial charge in [-0.1, -0.05) is 12.1 Å². The van der Waals surface area contributed by atoms with Crippen molar-refractivity contribution in [2.75, 3.05) is 46.6 Å². The molecule has 0 aliphatic carbocycles. The molecule has 170 valence electrons. The van der Waals surface area contributed by atoms with Crippen LogP contribution < -0.4 is 0 Å². The van der Waals surface area contributed by atoms with Crippen molar-refractivity contribution in [2.45, 2.75) is 19.9 Å². The minimum Gasteiger partial charge on any atom is -0.383 e. The number of benzene rings is 1. The number of aryl methyl sites for hydroxylation is 1. The first-order valence-corrected chi connectivity index (χ1v) is 11.3. The molecule has 0 spiro atoms. The van der Waals surface area contributed by atoms with Gasteiger partial charge < -0.3 is 23.8 Å². The van der Waals surface area contributed by atoms with E-state index in [1.165, 1.54) is 0 Å². The van der Waals surface area contributed by atoms with E-state index in [1.54, 1.807) is 23.0 Å². The van der Waals surface area contributed by atoms with E-state index in [2.05, 4.69) is 15.9 Å². The van der Waals surface area contributed by atoms with Gasteiger partial charge in [0.25, 0.3) is 5.91 Å². The molecule has 0 N–H and O–H groups in total. The number of methoxy groups -OCH3 is 1. The third-order valence-electron chi connectivity index (χ3n) is 4.96. The van der Waals surface area contributed by atoms with Crippen LogP contribution in [0.5, 0.6) is 0 Å². The van der Waals surface area contributed by atoms with Gasteiger partial charge in [-0.3, -0.25) is 9.59 Å². The summed E-state index contributed by atoms with van der Waals surface area (Å²) in [7, 11) is 3.56. The Morgan fingerprint density at radius 2 is 1.84 bits per heavy atom. The van der Waals surface area contributed by atoms with Gasteiger partial charge in [0.05, 0.1) is 18.7 Å². The average Bonchev–Trinajstić information content (AvgIpc) is 3.17. The van der Waals surface area contributed by atoms with Crippen molar-refractivity contribution >= 4 is 27.7 Å². The third-order valence-corrected chi connectivity index (χ3v) is 5.65. The summed E-state index contributed by atoms with van der Waals surface area (Å²) in [5.74, 6) is -0.294. The standard InChI is InChI=1S/C23H32BrN3O4/c1-4-31-15-8-13-27(23(29)20-10-5-6-11-21(20)24)18-22(28)26(14-16-30-3)17-19-9-7-12-25(19)2/h5-7,9-12H,4,8,13-18H2,1-3H3. The lowest BCUT2D eigenvalue weighted by Crippen LogP contribution is -2.44. The van der Waals surface area contributed by atoms with E-state index in [0.717, 1.165) is 5.69 Å². The number of carbonyl (C=O) groups excluding carboxylic acids is 2. The van der Waals surface area contributed by atoms with Crippen molar-refractivity contribution in [1.82, 2.24) is 14.4 Å². The Bertz CT molecular complexity index is 840. The number of rotatable bonds is 13. The van der Waals surface area contributed by atoms with Crippen LogP contribution in [0.2, 0.25) is 0 Å². The van der Waals surface area contributed by atoms with E-state index >= 15 is 0 Å². The third kappa shape index (κ3) is 7.79. The molecule has 0 unspecified atom stereocenters. The minimum absolute atomic E-state index is 0.000426. The maximum atomic E-state index is 13.2. The Balaban J connectivity index is 2.16.